The monoisotopic (exact) mass is 508 g/mol. The second-order valence-electron chi connectivity index (χ2n) is 7.15. The number of carbonyl (C=O) groups excluding carboxylic acids is 1. The zero-order valence-corrected chi connectivity index (χ0v) is 18.7. The minimum atomic E-state index is -4.67. The summed E-state index contributed by atoms with van der Waals surface area (Å²) in [4.78, 5) is 16.3. The molecular weight excluding hydrogens is 489 g/mol. The van der Waals surface area contributed by atoms with Gasteiger partial charge < -0.3 is 14.9 Å². The molecule has 3 rings (SSSR count). The number of carbonyl (C=O) groups is 1. The van der Waals surface area contributed by atoms with Gasteiger partial charge in [0.25, 0.3) is 0 Å². The van der Waals surface area contributed by atoms with Crippen molar-refractivity contribution in [3.8, 4) is 0 Å². The van der Waals surface area contributed by atoms with Crippen molar-refractivity contribution in [3.05, 3.63) is 44.6 Å². The van der Waals surface area contributed by atoms with Gasteiger partial charge in [-0.25, -0.2) is 0 Å². The third kappa shape index (κ3) is 4.76. The Bertz CT molecular complexity index is 941. The number of halogens is 5. The average molecular weight is 510 g/mol. The van der Waals surface area contributed by atoms with Crippen molar-refractivity contribution in [1.29, 1.82) is 0 Å². The minimum Gasteiger partial charge on any atom is -0.389 e. The van der Waals surface area contributed by atoms with Crippen LogP contribution in [0.25, 0.3) is 0 Å². The smallest absolute Gasteiger partial charge is 0.389 e. The van der Waals surface area contributed by atoms with E-state index >= 15 is 0 Å². The van der Waals surface area contributed by atoms with Gasteiger partial charge in [0.05, 0.1) is 16.8 Å². The zero-order valence-electron chi connectivity index (χ0n) is 16.4. The number of aliphatic hydroxyl groups excluding tert-OH is 1. The van der Waals surface area contributed by atoms with Crippen molar-refractivity contribution in [2.45, 2.75) is 32.7 Å². The number of aromatic nitrogens is 2. The molecule has 1 aliphatic heterocycles. The van der Waals surface area contributed by atoms with Gasteiger partial charge in [-0.15, -0.1) is 0 Å². The Morgan fingerprint density at radius 3 is 2.47 bits per heavy atom. The number of anilines is 1. The maximum Gasteiger partial charge on any atom is 0.436 e. The van der Waals surface area contributed by atoms with E-state index in [0.717, 1.165) is 20.4 Å². The Morgan fingerprint density at radius 2 is 1.93 bits per heavy atom. The first-order valence-electron chi connectivity index (χ1n) is 9.29. The first-order chi connectivity index (χ1) is 14.0. The Labute approximate surface area is 185 Å². The number of rotatable bonds is 4. The Balaban J connectivity index is 1.65. The Kier molecular flexibility index (Phi) is 6.69. The maximum atomic E-state index is 13.0. The van der Waals surface area contributed by atoms with Gasteiger partial charge in [0.2, 0.25) is 5.91 Å². The van der Waals surface area contributed by atoms with Crippen LogP contribution in [0.1, 0.15) is 30.0 Å². The summed E-state index contributed by atoms with van der Waals surface area (Å²) < 4.78 is 40.7. The summed E-state index contributed by atoms with van der Waals surface area (Å²) in [5.41, 5.74) is 0.642. The van der Waals surface area contributed by atoms with Gasteiger partial charge in [0.15, 0.2) is 5.69 Å². The standard InChI is InChI=1S/C19H21BrClF3N4O2/c1-11-17(21)18(19(22,23)24)25-28(11)10-16(30)27-7-5-26(6-8-27)13-3-4-15(20)14(9-13)12(2)29/h3-4,9,12,29H,5-8,10H2,1-2H3. The first-order valence-corrected chi connectivity index (χ1v) is 10.5. The van der Waals surface area contributed by atoms with Crippen LogP contribution in [-0.4, -0.2) is 51.9 Å². The van der Waals surface area contributed by atoms with Crippen molar-refractivity contribution in [2.75, 3.05) is 31.1 Å². The van der Waals surface area contributed by atoms with Crippen LogP contribution >= 0.6 is 27.5 Å². The van der Waals surface area contributed by atoms with Gasteiger partial charge in [-0.3, -0.25) is 9.48 Å². The number of benzene rings is 1. The largest absolute Gasteiger partial charge is 0.436 e. The Hall–Kier alpha value is -1.78. The number of hydrogen-bond acceptors (Lipinski definition) is 4. The molecule has 1 aliphatic rings. The number of nitrogens with zero attached hydrogens (tertiary/aromatic N) is 4. The van der Waals surface area contributed by atoms with E-state index in [1.165, 1.54) is 6.92 Å². The van der Waals surface area contributed by atoms with Crippen LogP contribution in [0.4, 0.5) is 18.9 Å². The van der Waals surface area contributed by atoms with Crippen LogP contribution in [0, 0.1) is 6.92 Å². The van der Waals surface area contributed by atoms with Gasteiger partial charge in [0, 0.05) is 36.3 Å². The van der Waals surface area contributed by atoms with E-state index in [-0.39, 0.29) is 18.1 Å². The molecule has 1 unspecified atom stereocenters. The lowest BCUT2D eigenvalue weighted by Gasteiger charge is -2.36. The summed E-state index contributed by atoms with van der Waals surface area (Å²) in [5.74, 6) is -0.314. The molecule has 1 saturated heterocycles. The molecule has 164 valence electrons. The van der Waals surface area contributed by atoms with Crippen LogP contribution in [0.15, 0.2) is 22.7 Å². The molecule has 11 heteroatoms. The highest BCUT2D eigenvalue weighted by molar-refractivity contribution is 9.10. The fourth-order valence-electron chi connectivity index (χ4n) is 3.35. The van der Waals surface area contributed by atoms with E-state index in [9.17, 15) is 23.1 Å². The molecule has 0 saturated carbocycles. The summed E-state index contributed by atoms with van der Waals surface area (Å²) in [6.07, 6.45) is -5.29. The molecule has 0 radical (unpaired) electrons. The van der Waals surface area contributed by atoms with Crippen molar-refractivity contribution in [1.82, 2.24) is 14.7 Å². The van der Waals surface area contributed by atoms with Crippen LogP contribution in [0.2, 0.25) is 5.02 Å². The normalized spacial score (nSPS) is 16.1. The van der Waals surface area contributed by atoms with Gasteiger partial charge in [0.1, 0.15) is 6.54 Å². The summed E-state index contributed by atoms with van der Waals surface area (Å²) in [6.45, 7) is 4.79. The topological polar surface area (TPSA) is 61.6 Å². The molecule has 1 aromatic heterocycles. The predicted molar refractivity (Wildman–Crippen MR) is 111 cm³/mol. The third-order valence-electron chi connectivity index (χ3n) is 5.11. The molecule has 1 amide bonds. The van der Waals surface area contributed by atoms with Crippen molar-refractivity contribution in [3.63, 3.8) is 0 Å². The van der Waals surface area contributed by atoms with Crippen LogP contribution in [0.3, 0.4) is 0 Å². The van der Waals surface area contributed by atoms with Crippen molar-refractivity contribution in [2.24, 2.45) is 0 Å². The molecule has 0 bridgehead atoms. The van der Waals surface area contributed by atoms with Crippen LogP contribution in [-0.2, 0) is 17.5 Å². The quantitative estimate of drug-likeness (QED) is 0.676. The summed E-state index contributed by atoms with van der Waals surface area (Å²) in [6, 6.07) is 5.71. The third-order valence-corrected chi connectivity index (χ3v) is 6.29. The lowest BCUT2D eigenvalue weighted by molar-refractivity contribution is -0.142. The lowest BCUT2D eigenvalue weighted by Crippen LogP contribution is -2.49. The Morgan fingerprint density at radius 1 is 1.30 bits per heavy atom. The lowest BCUT2D eigenvalue weighted by atomic mass is 10.1. The van der Waals surface area contributed by atoms with E-state index in [1.54, 1.807) is 11.8 Å². The first kappa shape index (κ1) is 22.9. The fourth-order valence-corrected chi connectivity index (χ4v) is 4.17. The van der Waals surface area contributed by atoms with Gasteiger partial charge in [-0.1, -0.05) is 27.5 Å². The summed E-state index contributed by atoms with van der Waals surface area (Å²) >= 11 is 9.17. The summed E-state index contributed by atoms with van der Waals surface area (Å²) in [7, 11) is 0. The predicted octanol–water partition coefficient (Wildman–Crippen LogP) is 4.03. The van der Waals surface area contributed by atoms with E-state index in [2.05, 4.69) is 25.9 Å². The fraction of sp³-hybridized carbons (Fsp3) is 0.474. The number of amides is 1. The molecule has 1 aromatic carbocycles. The van der Waals surface area contributed by atoms with E-state index < -0.39 is 23.0 Å². The van der Waals surface area contributed by atoms with Crippen LogP contribution in [0.5, 0.6) is 0 Å². The molecule has 1 N–H and O–H groups in total. The molecule has 1 atom stereocenters. The molecule has 6 nitrogen and oxygen atoms in total. The highest BCUT2D eigenvalue weighted by atomic mass is 79.9. The number of aliphatic hydroxyl groups is 1. The molecule has 2 heterocycles. The number of piperazine rings is 1. The van der Waals surface area contributed by atoms with Gasteiger partial charge >= 0.3 is 6.18 Å². The van der Waals surface area contributed by atoms with Gasteiger partial charge in [-0.2, -0.15) is 18.3 Å². The second-order valence-corrected chi connectivity index (χ2v) is 8.39. The highest BCUT2D eigenvalue weighted by Crippen LogP contribution is 2.35. The van der Waals surface area contributed by atoms with Gasteiger partial charge in [-0.05, 0) is 37.6 Å². The number of alkyl halides is 3. The summed E-state index contributed by atoms with van der Waals surface area (Å²) in [5, 5.41) is 12.9. The average Bonchev–Trinajstić information content (AvgIpc) is 2.97. The molecule has 1 fully saturated rings. The molecular formula is C19H21BrClF3N4O2. The van der Waals surface area contributed by atoms with E-state index in [1.807, 2.05) is 18.2 Å². The van der Waals surface area contributed by atoms with E-state index in [4.69, 9.17) is 11.6 Å². The zero-order chi connectivity index (χ0) is 22.2. The molecule has 30 heavy (non-hydrogen) atoms. The highest BCUT2D eigenvalue weighted by Gasteiger charge is 2.38. The minimum absolute atomic E-state index is 0.108. The van der Waals surface area contributed by atoms with Crippen LogP contribution < -0.4 is 4.90 Å². The SMILES string of the molecule is Cc1c(Cl)c(C(F)(F)F)nn1CC(=O)N1CCN(c2ccc(Br)c(C(C)O)c2)CC1. The maximum absolute atomic E-state index is 13.0. The van der Waals surface area contributed by atoms with Crippen molar-refractivity contribution >= 4 is 39.1 Å². The number of hydrogen-bond donors (Lipinski definition) is 1. The van der Waals surface area contributed by atoms with Crippen molar-refractivity contribution < 1.29 is 23.1 Å². The molecule has 0 spiro atoms. The molecule has 0 aliphatic carbocycles. The van der Waals surface area contributed by atoms with E-state index in [0.29, 0.717) is 26.2 Å². The second kappa shape index (κ2) is 8.76. The molecule has 2 aromatic rings.